The molecule has 1 N–H and O–H groups in total. The molecule has 1 amide bonds. The van der Waals surface area contributed by atoms with Gasteiger partial charge >= 0.3 is 0 Å². The number of hydrogen-bond acceptors (Lipinski definition) is 6. The molecular weight excluding hydrogens is 482 g/mol. The van der Waals surface area contributed by atoms with Crippen LogP contribution in [0.25, 0.3) is 0 Å². The highest BCUT2D eigenvalue weighted by molar-refractivity contribution is 8.00. The SMILES string of the molecule is Cc1cc(C)cc(N(CC(=O)N/N=C/c2ccc(OC3CSC3)cc2)S(=O)(=O)c2ccccc2)c1. The lowest BCUT2D eigenvalue weighted by Crippen LogP contribution is -2.39. The van der Waals surface area contributed by atoms with Crippen molar-refractivity contribution in [2.75, 3.05) is 22.4 Å². The van der Waals surface area contributed by atoms with Crippen LogP contribution in [0.5, 0.6) is 5.75 Å². The Morgan fingerprint density at radius 1 is 1.06 bits per heavy atom. The van der Waals surface area contributed by atoms with Crippen molar-refractivity contribution in [1.82, 2.24) is 5.43 Å². The Morgan fingerprint density at radius 2 is 1.71 bits per heavy atom. The molecular formula is C26H27N3O4S2. The summed E-state index contributed by atoms with van der Waals surface area (Å²) in [7, 11) is -3.97. The van der Waals surface area contributed by atoms with Gasteiger partial charge in [0.2, 0.25) is 0 Å². The molecule has 7 nitrogen and oxygen atoms in total. The number of amides is 1. The van der Waals surface area contributed by atoms with Gasteiger partial charge in [-0.2, -0.15) is 16.9 Å². The van der Waals surface area contributed by atoms with Gasteiger partial charge < -0.3 is 4.74 Å². The summed E-state index contributed by atoms with van der Waals surface area (Å²) in [5, 5.41) is 4.01. The van der Waals surface area contributed by atoms with E-state index in [1.807, 2.05) is 55.9 Å². The molecule has 0 radical (unpaired) electrons. The standard InChI is InChI=1S/C26H27N3O4S2/c1-19-12-20(2)14-22(13-19)29(35(31,32)25-6-4-3-5-7-25)16-26(30)28-27-15-21-8-10-23(11-9-21)33-24-17-34-18-24/h3-15,24H,16-18H2,1-2H3,(H,28,30)/b27-15+. The number of benzene rings is 3. The van der Waals surface area contributed by atoms with Crippen molar-refractivity contribution >= 4 is 39.6 Å². The fourth-order valence-corrected chi connectivity index (χ4v) is 5.57. The second-order valence-electron chi connectivity index (χ2n) is 8.31. The highest BCUT2D eigenvalue weighted by Crippen LogP contribution is 2.26. The van der Waals surface area contributed by atoms with Crippen LogP contribution in [-0.4, -0.2) is 44.7 Å². The van der Waals surface area contributed by atoms with Gasteiger partial charge in [0.05, 0.1) is 16.8 Å². The second kappa shape index (κ2) is 11.0. The van der Waals surface area contributed by atoms with Gasteiger partial charge in [0.15, 0.2) is 0 Å². The van der Waals surface area contributed by atoms with E-state index in [0.29, 0.717) is 5.69 Å². The van der Waals surface area contributed by atoms with Gasteiger partial charge in [-0.25, -0.2) is 13.8 Å². The van der Waals surface area contributed by atoms with E-state index in [2.05, 4.69) is 10.5 Å². The first-order chi connectivity index (χ1) is 16.8. The highest BCUT2D eigenvalue weighted by atomic mass is 32.2. The summed E-state index contributed by atoms with van der Waals surface area (Å²) in [4.78, 5) is 12.8. The number of sulfonamides is 1. The molecule has 0 unspecified atom stereocenters. The predicted molar refractivity (Wildman–Crippen MR) is 141 cm³/mol. The molecule has 3 aromatic rings. The van der Waals surface area contributed by atoms with E-state index < -0.39 is 22.5 Å². The molecule has 0 saturated carbocycles. The molecule has 0 aromatic heterocycles. The van der Waals surface area contributed by atoms with Crippen molar-refractivity contribution in [2.45, 2.75) is 24.8 Å². The van der Waals surface area contributed by atoms with Crippen LogP contribution >= 0.6 is 11.8 Å². The van der Waals surface area contributed by atoms with Gasteiger partial charge in [0.25, 0.3) is 15.9 Å². The Kier molecular flexibility index (Phi) is 7.77. The Balaban J connectivity index is 1.47. The number of nitrogens with one attached hydrogen (secondary N) is 1. The minimum Gasteiger partial charge on any atom is -0.489 e. The number of aryl methyl sites for hydroxylation is 2. The van der Waals surface area contributed by atoms with E-state index in [1.54, 1.807) is 30.3 Å². The fraction of sp³-hybridized carbons (Fsp3) is 0.231. The highest BCUT2D eigenvalue weighted by Gasteiger charge is 2.27. The Labute approximate surface area is 210 Å². The number of hydrogen-bond donors (Lipinski definition) is 1. The molecule has 1 saturated heterocycles. The normalized spacial score (nSPS) is 13.9. The largest absolute Gasteiger partial charge is 0.489 e. The fourth-order valence-electron chi connectivity index (χ4n) is 3.58. The van der Waals surface area contributed by atoms with Crippen molar-refractivity contribution in [2.24, 2.45) is 5.10 Å². The minimum atomic E-state index is -3.97. The third kappa shape index (κ3) is 6.43. The molecule has 0 bridgehead atoms. The Bertz CT molecular complexity index is 1290. The average Bonchev–Trinajstić information content (AvgIpc) is 2.80. The summed E-state index contributed by atoms with van der Waals surface area (Å²) in [5.41, 5.74) is 5.44. The van der Waals surface area contributed by atoms with Gasteiger partial charge in [-0.15, -0.1) is 0 Å². The van der Waals surface area contributed by atoms with Crippen molar-refractivity contribution in [3.05, 3.63) is 89.5 Å². The number of ether oxygens (including phenoxy) is 1. The zero-order valence-electron chi connectivity index (χ0n) is 19.5. The molecule has 0 atom stereocenters. The van der Waals surface area contributed by atoms with E-state index in [1.165, 1.54) is 18.3 Å². The van der Waals surface area contributed by atoms with Crippen LogP contribution in [0.15, 0.2) is 82.8 Å². The summed E-state index contributed by atoms with van der Waals surface area (Å²) < 4.78 is 33.8. The van der Waals surface area contributed by atoms with Gasteiger partial charge in [-0.3, -0.25) is 9.10 Å². The number of thioether (sulfide) groups is 1. The first kappa shape index (κ1) is 24.8. The lowest BCUT2D eigenvalue weighted by atomic mass is 10.1. The lowest BCUT2D eigenvalue weighted by molar-refractivity contribution is -0.119. The van der Waals surface area contributed by atoms with E-state index in [0.717, 1.165) is 38.3 Å². The molecule has 0 aliphatic carbocycles. The molecule has 1 aliphatic heterocycles. The number of hydrazone groups is 1. The van der Waals surface area contributed by atoms with Crippen LogP contribution in [0.2, 0.25) is 0 Å². The molecule has 182 valence electrons. The molecule has 0 spiro atoms. The number of carbonyl (C=O) groups excluding carboxylic acids is 1. The maximum absolute atomic E-state index is 13.4. The third-order valence-electron chi connectivity index (χ3n) is 5.31. The van der Waals surface area contributed by atoms with Crippen LogP contribution in [-0.2, 0) is 14.8 Å². The second-order valence-corrected chi connectivity index (χ2v) is 11.2. The Morgan fingerprint density at radius 3 is 2.31 bits per heavy atom. The van der Waals surface area contributed by atoms with Crippen LogP contribution in [0.3, 0.4) is 0 Å². The zero-order valence-corrected chi connectivity index (χ0v) is 21.2. The number of carbonyl (C=O) groups is 1. The van der Waals surface area contributed by atoms with Crippen LogP contribution in [0, 0.1) is 13.8 Å². The first-order valence-corrected chi connectivity index (χ1v) is 13.7. The molecule has 9 heteroatoms. The third-order valence-corrected chi connectivity index (χ3v) is 8.31. The topological polar surface area (TPSA) is 88.1 Å². The molecule has 1 fully saturated rings. The summed E-state index contributed by atoms with van der Waals surface area (Å²) >= 11 is 1.86. The predicted octanol–water partition coefficient (Wildman–Crippen LogP) is 4.14. The average molecular weight is 510 g/mol. The summed E-state index contributed by atoms with van der Waals surface area (Å²) in [6.07, 6.45) is 1.78. The number of rotatable bonds is 9. The molecule has 4 rings (SSSR count). The maximum atomic E-state index is 13.4. The van der Waals surface area contributed by atoms with Crippen molar-refractivity contribution in [1.29, 1.82) is 0 Å². The zero-order chi connectivity index (χ0) is 24.8. The maximum Gasteiger partial charge on any atom is 0.264 e. The van der Waals surface area contributed by atoms with Gasteiger partial charge in [0.1, 0.15) is 18.4 Å². The summed E-state index contributed by atoms with van der Waals surface area (Å²) in [5.74, 6) is 2.26. The smallest absolute Gasteiger partial charge is 0.264 e. The van der Waals surface area contributed by atoms with Crippen LogP contribution in [0.1, 0.15) is 16.7 Å². The van der Waals surface area contributed by atoms with Gasteiger partial charge in [-0.05, 0) is 79.1 Å². The van der Waals surface area contributed by atoms with Gasteiger partial charge in [-0.1, -0.05) is 24.3 Å². The van der Waals surface area contributed by atoms with E-state index in [-0.39, 0.29) is 11.0 Å². The minimum absolute atomic E-state index is 0.110. The van der Waals surface area contributed by atoms with Crippen molar-refractivity contribution in [3.8, 4) is 5.75 Å². The van der Waals surface area contributed by atoms with Crippen molar-refractivity contribution in [3.63, 3.8) is 0 Å². The Hall–Kier alpha value is -3.30. The van der Waals surface area contributed by atoms with Gasteiger partial charge in [0, 0.05) is 11.5 Å². The quantitative estimate of drug-likeness (QED) is 0.346. The van der Waals surface area contributed by atoms with E-state index in [9.17, 15) is 13.2 Å². The van der Waals surface area contributed by atoms with Crippen LogP contribution < -0.4 is 14.5 Å². The molecule has 1 heterocycles. The molecule has 1 aliphatic rings. The summed E-state index contributed by atoms with van der Waals surface area (Å²) in [6.45, 7) is 3.36. The molecule has 35 heavy (non-hydrogen) atoms. The monoisotopic (exact) mass is 509 g/mol. The van der Waals surface area contributed by atoms with Crippen molar-refractivity contribution < 1.29 is 17.9 Å². The number of anilines is 1. The first-order valence-electron chi connectivity index (χ1n) is 11.1. The summed E-state index contributed by atoms with van der Waals surface area (Å²) in [6, 6.07) is 20.9. The lowest BCUT2D eigenvalue weighted by Gasteiger charge is -2.25. The van der Waals surface area contributed by atoms with E-state index in [4.69, 9.17) is 4.74 Å². The van der Waals surface area contributed by atoms with Crippen LogP contribution in [0.4, 0.5) is 5.69 Å². The number of nitrogens with zero attached hydrogens (tertiary/aromatic N) is 2. The molecule has 3 aromatic carbocycles. The van der Waals surface area contributed by atoms with E-state index >= 15 is 0 Å².